The van der Waals surface area contributed by atoms with E-state index >= 15 is 0 Å². The number of nitrogens with two attached hydrogens (primary N) is 1. The average molecular weight is 242 g/mol. The monoisotopic (exact) mass is 242 g/mol. The molecular weight excluding hydrogens is 223 g/mol. The highest BCUT2D eigenvalue weighted by molar-refractivity contribution is 6.40. The van der Waals surface area contributed by atoms with Crippen LogP contribution in [-0.4, -0.2) is 45.9 Å². The van der Waals surface area contributed by atoms with Gasteiger partial charge in [-0.1, -0.05) is 6.42 Å². The van der Waals surface area contributed by atoms with Crippen LogP contribution >= 0.6 is 0 Å². The van der Waals surface area contributed by atoms with Gasteiger partial charge in [0.05, 0.1) is 0 Å². The fourth-order valence-electron chi connectivity index (χ4n) is 3.32. The van der Waals surface area contributed by atoms with Crippen molar-refractivity contribution in [2.75, 3.05) is 0 Å². The SMILES string of the molecule is NC1(C(=O)O)C2CCC(N2)C1CCCB(O)O. The molecular formula is C10H19BN2O4. The van der Waals surface area contributed by atoms with Crippen LogP contribution in [0.15, 0.2) is 0 Å². The number of carbonyl (C=O) groups is 1. The summed E-state index contributed by atoms with van der Waals surface area (Å²) in [6.45, 7) is 0. The van der Waals surface area contributed by atoms with Crippen molar-refractivity contribution in [3.8, 4) is 0 Å². The fraction of sp³-hybridized carbons (Fsp3) is 0.900. The number of carboxylic acid groups (broad SMARTS) is 1. The van der Waals surface area contributed by atoms with Crippen molar-refractivity contribution in [3.05, 3.63) is 0 Å². The molecule has 0 amide bonds. The Kier molecular flexibility index (Phi) is 3.44. The number of aliphatic carboxylic acids is 1. The lowest BCUT2D eigenvalue weighted by atomic mass is 9.70. The van der Waals surface area contributed by atoms with Gasteiger partial charge in [0.2, 0.25) is 0 Å². The largest absolute Gasteiger partial charge is 0.480 e. The van der Waals surface area contributed by atoms with Gasteiger partial charge in [-0.2, -0.15) is 0 Å². The maximum Gasteiger partial charge on any atom is 0.451 e. The standard InChI is InChI=1S/C10H19BN2O4/c12-10(9(14)15)6(2-1-5-11(16)17)7-3-4-8(10)13-7/h6-8,13,16-17H,1-5,12H2,(H,14,15). The van der Waals surface area contributed by atoms with E-state index < -0.39 is 18.6 Å². The van der Waals surface area contributed by atoms with E-state index in [1.165, 1.54) is 0 Å². The lowest BCUT2D eigenvalue weighted by molar-refractivity contribution is -0.146. The third-order valence-corrected chi connectivity index (χ3v) is 4.21. The zero-order valence-electron chi connectivity index (χ0n) is 9.67. The average Bonchev–Trinajstić information content (AvgIpc) is 2.80. The van der Waals surface area contributed by atoms with Crippen molar-refractivity contribution < 1.29 is 19.9 Å². The Hall–Kier alpha value is -0.625. The predicted octanol–water partition coefficient (Wildman–Crippen LogP) is -1.23. The van der Waals surface area contributed by atoms with Gasteiger partial charge in [0, 0.05) is 18.0 Å². The number of carboxylic acids is 1. The third kappa shape index (κ3) is 2.08. The summed E-state index contributed by atoms with van der Waals surface area (Å²) in [6, 6.07) is 0.0194. The summed E-state index contributed by atoms with van der Waals surface area (Å²) in [7, 11) is -1.32. The highest BCUT2D eigenvalue weighted by atomic mass is 16.4. The minimum atomic E-state index is -1.32. The molecule has 0 aromatic heterocycles. The Bertz CT molecular complexity index is 315. The molecule has 2 rings (SSSR count). The lowest BCUT2D eigenvalue weighted by Gasteiger charge is -2.35. The van der Waals surface area contributed by atoms with Crippen molar-refractivity contribution in [2.24, 2.45) is 11.7 Å². The maximum absolute atomic E-state index is 11.4. The maximum atomic E-state index is 11.4. The molecule has 17 heavy (non-hydrogen) atoms. The summed E-state index contributed by atoms with van der Waals surface area (Å²) >= 11 is 0. The van der Waals surface area contributed by atoms with Gasteiger partial charge in [0.1, 0.15) is 5.54 Å². The molecule has 4 atom stereocenters. The van der Waals surface area contributed by atoms with Gasteiger partial charge in [-0.25, -0.2) is 0 Å². The number of hydrogen-bond acceptors (Lipinski definition) is 5. The van der Waals surface area contributed by atoms with E-state index in [2.05, 4.69) is 5.32 Å². The van der Waals surface area contributed by atoms with Gasteiger partial charge in [-0.05, 0) is 25.6 Å². The first-order chi connectivity index (χ1) is 7.96. The number of fused-ring (bicyclic) bond motifs is 2. The quantitative estimate of drug-likeness (QED) is 0.385. The van der Waals surface area contributed by atoms with Crippen LogP contribution in [0.1, 0.15) is 25.7 Å². The van der Waals surface area contributed by atoms with E-state index in [4.69, 9.17) is 15.8 Å². The Balaban J connectivity index is 2.01. The van der Waals surface area contributed by atoms with Crippen molar-refractivity contribution in [3.63, 3.8) is 0 Å². The van der Waals surface area contributed by atoms with Crippen LogP contribution < -0.4 is 11.1 Å². The van der Waals surface area contributed by atoms with E-state index in [-0.39, 0.29) is 24.3 Å². The summed E-state index contributed by atoms with van der Waals surface area (Å²) in [4.78, 5) is 11.4. The number of hydrogen-bond donors (Lipinski definition) is 5. The molecule has 2 aliphatic rings. The van der Waals surface area contributed by atoms with Gasteiger partial charge in [-0.3, -0.25) is 4.79 Å². The molecule has 0 aromatic rings. The summed E-state index contributed by atoms with van der Waals surface area (Å²) in [5.74, 6) is -1.07. The molecule has 0 aromatic carbocycles. The van der Waals surface area contributed by atoms with E-state index in [1.807, 2.05) is 0 Å². The minimum absolute atomic E-state index is 0.113. The minimum Gasteiger partial charge on any atom is -0.480 e. The Morgan fingerprint density at radius 1 is 1.47 bits per heavy atom. The topological polar surface area (TPSA) is 116 Å². The fourth-order valence-corrected chi connectivity index (χ4v) is 3.32. The molecule has 7 heteroatoms. The van der Waals surface area contributed by atoms with Crippen LogP contribution in [0.4, 0.5) is 0 Å². The summed E-state index contributed by atoms with van der Waals surface area (Å²) in [5, 5.41) is 30.1. The number of nitrogens with one attached hydrogen (secondary N) is 1. The first-order valence-electron chi connectivity index (χ1n) is 6.10. The molecule has 0 saturated carbocycles. The molecule has 2 aliphatic heterocycles. The molecule has 2 heterocycles. The summed E-state index contributed by atoms with van der Waals surface area (Å²) in [5.41, 5.74) is 4.87. The second-order valence-electron chi connectivity index (χ2n) is 5.16. The van der Waals surface area contributed by atoms with Crippen LogP contribution in [0.3, 0.4) is 0 Å². The number of rotatable bonds is 5. The smallest absolute Gasteiger partial charge is 0.451 e. The van der Waals surface area contributed by atoms with Crippen molar-refractivity contribution in [2.45, 2.75) is 49.6 Å². The van der Waals surface area contributed by atoms with E-state index in [1.54, 1.807) is 0 Å². The Morgan fingerprint density at radius 2 is 2.18 bits per heavy atom. The molecule has 4 unspecified atom stereocenters. The first kappa shape index (κ1) is 12.8. The highest BCUT2D eigenvalue weighted by Crippen LogP contribution is 2.42. The Labute approximate surface area is 100 Å². The highest BCUT2D eigenvalue weighted by Gasteiger charge is 2.60. The van der Waals surface area contributed by atoms with Crippen molar-refractivity contribution in [1.82, 2.24) is 5.32 Å². The molecule has 2 saturated heterocycles. The molecule has 2 bridgehead atoms. The second kappa shape index (κ2) is 4.57. The van der Waals surface area contributed by atoms with Gasteiger partial charge in [0.25, 0.3) is 0 Å². The zero-order chi connectivity index (χ0) is 12.6. The van der Waals surface area contributed by atoms with Crippen LogP contribution in [0.5, 0.6) is 0 Å². The van der Waals surface area contributed by atoms with Gasteiger partial charge < -0.3 is 26.2 Å². The molecule has 0 radical (unpaired) electrons. The van der Waals surface area contributed by atoms with Crippen LogP contribution in [0.2, 0.25) is 6.32 Å². The van der Waals surface area contributed by atoms with Crippen LogP contribution in [0.25, 0.3) is 0 Å². The van der Waals surface area contributed by atoms with E-state index in [0.29, 0.717) is 12.8 Å². The summed E-state index contributed by atoms with van der Waals surface area (Å²) < 4.78 is 0. The van der Waals surface area contributed by atoms with Crippen LogP contribution in [0, 0.1) is 5.92 Å². The van der Waals surface area contributed by atoms with Gasteiger partial charge in [-0.15, -0.1) is 0 Å². The van der Waals surface area contributed by atoms with Crippen molar-refractivity contribution in [1.29, 1.82) is 0 Å². The predicted molar refractivity (Wildman–Crippen MR) is 62.2 cm³/mol. The third-order valence-electron chi connectivity index (χ3n) is 4.21. The van der Waals surface area contributed by atoms with Gasteiger partial charge >= 0.3 is 13.1 Å². The molecule has 96 valence electrons. The molecule has 6 N–H and O–H groups in total. The molecule has 2 fully saturated rings. The molecule has 0 spiro atoms. The van der Waals surface area contributed by atoms with Crippen molar-refractivity contribution >= 4 is 13.1 Å². The molecule has 0 aliphatic carbocycles. The van der Waals surface area contributed by atoms with Gasteiger partial charge in [0.15, 0.2) is 0 Å². The molecule has 6 nitrogen and oxygen atoms in total. The summed E-state index contributed by atoms with van der Waals surface area (Å²) in [6.07, 6.45) is 3.24. The van der Waals surface area contributed by atoms with E-state index in [0.717, 1.165) is 12.8 Å². The first-order valence-corrected chi connectivity index (χ1v) is 6.10. The van der Waals surface area contributed by atoms with E-state index in [9.17, 15) is 9.90 Å². The van der Waals surface area contributed by atoms with Crippen LogP contribution in [-0.2, 0) is 4.79 Å². The lowest BCUT2D eigenvalue weighted by Crippen LogP contribution is -2.61. The normalized spacial score (nSPS) is 39.6. The Morgan fingerprint density at radius 3 is 2.76 bits per heavy atom. The zero-order valence-corrected chi connectivity index (χ0v) is 9.67. The second-order valence-corrected chi connectivity index (χ2v) is 5.16.